The fourth-order valence-electron chi connectivity index (χ4n) is 7.78. The Morgan fingerprint density at radius 3 is 1.62 bits per heavy atom. The normalized spacial score (nSPS) is 24.1. The topological polar surface area (TPSA) is 152 Å². The van der Waals surface area contributed by atoms with Crippen LogP contribution in [0.1, 0.15) is 200 Å². The molecule has 1 aliphatic carbocycles. The monoisotopic (exact) mass is 797 g/mol. The molecule has 1 saturated heterocycles. The second-order valence-corrected chi connectivity index (χ2v) is 16.8. The third-order valence-corrected chi connectivity index (χ3v) is 11.6. The molecule has 1 heterocycles. The van der Waals surface area contributed by atoms with Crippen molar-refractivity contribution in [2.45, 2.75) is 237 Å². The zero-order valence-corrected chi connectivity index (χ0v) is 35.6. The Labute approximate surface area is 340 Å². The smallest absolute Gasteiger partial charge is 0.306 e. The molecule has 2 fully saturated rings. The Morgan fingerprint density at radius 2 is 1.09 bits per heavy atom. The van der Waals surface area contributed by atoms with Gasteiger partial charge in [-0.3, -0.25) is 9.59 Å². The average Bonchev–Trinajstić information content (AvgIpc) is 3.95. The molecule has 0 spiro atoms. The summed E-state index contributed by atoms with van der Waals surface area (Å²) in [7, 11) is 0. The maximum atomic E-state index is 12.8. The van der Waals surface area contributed by atoms with E-state index in [1.807, 2.05) is 0 Å². The van der Waals surface area contributed by atoms with Gasteiger partial charge in [0.1, 0.15) is 31.0 Å². The van der Waals surface area contributed by atoms with Gasteiger partial charge >= 0.3 is 11.9 Å². The van der Waals surface area contributed by atoms with Gasteiger partial charge in [-0.1, -0.05) is 154 Å². The van der Waals surface area contributed by atoms with E-state index in [1.54, 1.807) is 0 Å². The second kappa shape index (κ2) is 33.3. The third kappa shape index (κ3) is 24.4. The standard InChI is InChI=1S/C46H84O10/c1-3-5-7-9-11-12-13-14-15-16-17-18-19-23-27-31-41(48)53-35-39(36-54-46-45(52)44(51)43(50)40(34-47)56-46)55-42(49)32-28-24-20-22-26-30-38-33-37(38)29-25-21-10-8-6-4-2/h14-15,37-40,43-47,50-52H,3-13,16-36H2,1-2H3/b15-14-/t37?,38?,39-,40-,43-,44+,45-,46+/m1/s1. The molecule has 0 aromatic rings. The predicted octanol–water partition coefficient (Wildman–Crippen LogP) is 9.41. The lowest BCUT2D eigenvalue weighted by molar-refractivity contribution is -0.305. The number of hydrogen-bond acceptors (Lipinski definition) is 10. The molecule has 56 heavy (non-hydrogen) atoms. The number of aliphatic hydroxyl groups is 4. The zero-order valence-electron chi connectivity index (χ0n) is 35.6. The van der Waals surface area contributed by atoms with Gasteiger partial charge in [0.15, 0.2) is 12.4 Å². The number of carbonyl (C=O) groups is 2. The summed E-state index contributed by atoms with van der Waals surface area (Å²) in [5.74, 6) is 1.09. The van der Waals surface area contributed by atoms with Gasteiger partial charge in [0.2, 0.25) is 0 Å². The minimum Gasteiger partial charge on any atom is -0.462 e. The molecule has 0 amide bonds. The first-order valence-electron chi connectivity index (χ1n) is 23.2. The van der Waals surface area contributed by atoms with Crippen molar-refractivity contribution in [3.05, 3.63) is 12.2 Å². The quantitative estimate of drug-likeness (QED) is 0.0272. The van der Waals surface area contributed by atoms with Gasteiger partial charge in [-0.25, -0.2) is 0 Å². The van der Waals surface area contributed by atoms with E-state index in [0.29, 0.717) is 6.42 Å². The predicted molar refractivity (Wildman–Crippen MR) is 222 cm³/mol. The maximum absolute atomic E-state index is 12.8. The minimum atomic E-state index is -1.59. The molecule has 10 heteroatoms. The highest BCUT2D eigenvalue weighted by molar-refractivity contribution is 5.70. The molecular weight excluding hydrogens is 712 g/mol. The highest BCUT2D eigenvalue weighted by Crippen LogP contribution is 2.45. The SMILES string of the molecule is CCCCCCCC/C=C\CCCCCCCC(=O)OC[C@H](CO[C@H]1O[C@H](CO)[C@@H](O)[C@H](O)[C@H]1O)OC(=O)CCCCCCCC1CC1CCCCCCCC. The van der Waals surface area contributed by atoms with Gasteiger partial charge in [-0.05, 0) is 56.8 Å². The lowest BCUT2D eigenvalue weighted by Gasteiger charge is -2.39. The number of allylic oxidation sites excluding steroid dienone is 2. The van der Waals surface area contributed by atoms with E-state index >= 15 is 0 Å². The van der Waals surface area contributed by atoms with Crippen molar-refractivity contribution in [3.8, 4) is 0 Å². The molecule has 328 valence electrons. The van der Waals surface area contributed by atoms with E-state index in [9.17, 15) is 30.0 Å². The summed E-state index contributed by atoms with van der Waals surface area (Å²) in [6, 6.07) is 0. The van der Waals surface area contributed by atoms with Gasteiger partial charge in [-0.15, -0.1) is 0 Å². The van der Waals surface area contributed by atoms with Crippen molar-refractivity contribution in [2.24, 2.45) is 11.8 Å². The first-order chi connectivity index (χ1) is 27.3. The van der Waals surface area contributed by atoms with Crippen LogP contribution in [0.4, 0.5) is 0 Å². The van der Waals surface area contributed by atoms with Crippen molar-refractivity contribution in [3.63, 3.8) is 0 Å². The van der Waals surface area contributed by atoms with Crippen molar-refractivity contribution < 1.29 is 49.0 Å². The van der Waals surface area contributed by atoms with Crippen molar-refractivity contribution in [2.75, 3.05) is 19.8 Å². The van der Waals surface area contributed by atoms with Crippen LogP contribution < -0.4 is 0 Å². The lowest BCUT2D eigenvalue weighted by atomic mass is 9.99. The molecule has 1 saturated carbocycles. The molecule has 2 aliphatic rings. The van der Waals surface area contributed by atoms with Crippen molar-refractivity contribution in [1.29, 1.82) is 0 Å². The number of unbranched alkanes of at least 4 members (excludes halogenated alkanes) is 20. The van der Waals surface area contributed by atoms with Gasteiger partial charge in [0.05, 0.1) is 13.2 Å². The van der Waals surface area contributed by atoms with E-state index in [2.05, 4.69) is 26.0 Å². The van der Waals surface area contributed by atoms with Gasteiger partial charge < -0.3 is 39.4 Å². The van der Waals surface area contributed by atoms with Gasteiger partial charge in [0.25, 0.3) is 0 Å². The van der Waals surface area contributed by atoms with Gasteiger partial charge in [0, 0.05) is 12.8 Å². The van der Waals surface area contributed by atoms with Crippen LogP contribution in [0.3, 0.4) is 0 Å². The number of carbonyl (C=O) groups excluding carboxylic acids is 2. The molecule has 1 aliphatic heterocycles. The van der Waals surface area contributed by atoms with Crippen LogP contribution in [0.5, 0.6) is 0 Å². The van der Waals surface area contributed by atoms with E-state index < -0.39 is 49.4 Å². The fourth-order valence-corrected chi connectivity index (χ4v) is 7.78. The van der Waals surface area contributed by atoms with E-state index in [4.69, 9.17) is 18.9 Å². The Kier molecular flexibility index (Phi) is 30.1. The first kappa shape index (κ1) is 50.6. The van der Waals surface area contributed by atoms with Crippen LogP contribution >= 0.6 is 0 Å². The van der Waals surface area contributed by atoms with Crippen molar-refractivity contribution >= 4 is 11.9 Å². The second-order valence-electron chi connectivity index (χ2n) is 16.8. The number of rotatable bonds is 37. The first-order valence-corrected chi connectivity index (χ1v) is 23.2. The summed E-state index contributed by atoms with van der Waals surface area (Å²) in [6.45, 7) is 3.44. The lowest BCUT2D eigenvalue weighted by Crippen LogP contribution is -2.59. The van der Waals surface area contributed by atoms with E-state index in [-0.39, 0.29) is 32.0 Å². The Morgan fingerprint density at radius 1 is 0.607 bits per heavy atom. The summed E-state index contributed by atoms with van der Waals surface area (Å²) < 4.78 is 22.2. The summed E-state index contributed by atoms with van der Waals surface area (Å²) in [5, 5.41) is 40.1. The van der Waals surface area contributed by atoms with Crippen LogP contribution in [-0.2, 0) is 28.5 Å². The van der Waals surface area contributed by atoms with Crippen LogP contribution in [-0.4, -0.2) is 89.0 Å². The van der Waals surface area contributed by atoms with Crippen LogP contribution in [0.25, 0.3) is 0 Å². The molecule has 8 atom stereocenters. The zero-order chi connectivity index (χ0) is 40.6. The molecular formula is C46H84O10. The molecule has 2 unspecified atom stereocenters. The van der Waals surface area contributed by atoms with Crippen LogP contribution in [0, 0.1) is 11.8 Å². The Bertz CT molecular complexity index is 989. The molecule has 0 aromatic carbocycles. The number of aliphatic hydroxyl groups excluding tert-OH is 4. The number of ether oxygens (including phenoxy) is 4. The third-order valence-electron chi connectivity index (χ3n) is 11.6. The molecule has 4 N–H and O–H groups in total. The van der Waals surface area contributed by atoms with Gasteiger partial charge in [-0.2, -0.15) is 0 Å². The Balaban J connectivity index is 1.62. The summed E-state index contributed by atoms with van der Waals surface area (Å²) in [5.41, 5.74) is 0. The molecule has 0 aromatic heterocycles. The van der Waals surface area contributed by atoms with Crippen LogP contribution in [0.2, 0.25) is 0 Å². The molecule has 0 bridgehead atoms. The molecule has 0 radical (unpaired) electrons. The minimum absolute atomic E-state index is 0.214. The summed E-state index contributed by atoms with van der Waals surface area (Å²) in [6.07, 6.45) is 29.8. The Hall–Kier alpha value is -1.56. The highest BCUT2D eigenvalue weighted by atomic mass is 16.7. The van der Waals surface area contributed by atoms with E-state index in [1.165, 1.54) is 116 Å². The summed E-state index contributed by atoms with van der Waals surface area (Å²) >= 11 is 0. The van der Waals surface area contributed by atoms with Crippen molar-refractivity contribution in [1.82, 2.24) is 0 Å². The molecule has 10 nitrogen and oxygen atoms in total. The molecule has 2 rings (SSSR count). The largest absolute Gasteiger partial charge is 0.462 e. The average molecular weight is 797 g/mol. The maximum Gasteiger partial charge on any atom is 0.306 e. The van der Waals surface area contributed by atoms with Crippen LogP contribution in [0.15, 0.2) is 12.2 Å². The highest BCUT2D eigenvalue weighted by Gasteiger charge is 2.44. The summed E-state index contributed by atoms with van der Waals surface area (Å²) in [4.78, 5) is 25.4. The number of hydrogen-bond donors (Lipinski definition) is 4. The number of esters is 2. The van der Waals surface area contributed by atoms with E-state index in [0.717, 1.165) is 63.2 Å². The fraction of sp³-hybridized carbons (Fsp3) is 0.913.